The van der Waals surface area contributed by atoms with Crippen LogP contribution in [-0.2, 0) is 11.3 Å². The summed E-state index contributed by atoms with van der Waals surface area (Å²) in [7, 11) is 1.60. The molecule has 0 bridgehead atoms. The number of hydrogen-bond donors (Lipinski definition) is 1. The molecule has 1 saturated heterocycles. The Morgan fingerprint density at radius 2 is 2.05 bits per heavy atom. The topological polar surface area (TPSA) is 64.8 Å². The second-order valence-corrected chi connectivity index (χ2v) is 5.32. The summed E-state index contributed by atoms with van der Waals surface area (Å²) in [5.41, 5.74) is 6.59. The molecule has 21 heavy (non-hydrogen) atoms. The number of benzene rings is 1. The minimum atomic E-state index is -0.513. The van der Waals surface area contributed by atoms with Crippen LogP contribution in [0, 0.1) is 0 Å². The molecule has 116 valence electrons. The summed E-state index contributed by atoms with van der Waals surface area (Å²) >= 11 is 0. The van der Waals surface area contributed by atoms with E-state index in [-0.39, 0.29) is 5.91 Å². The van der Waals surface area contributed by atoms with Crippen LogP contribution in [0.15, 0.2) is 18.2 Å². The maximum Gasteiger partial charge on any atom is 0.263 e. The molecule has 1 unspecified atom stereocenters. The third-order valence-corrected chi connectivity index (χ3v) is 3.81. The molecular formula is C16H24N2O3. The largest absolute Gasteiger partial charge is 0.497 e. The van der Waals surface area contributed by atoms with E-state index < -0.39 is 6.10 Å². The molecule has 0 spiro atoms. The van der Waals surface area contributed by atoms with Crippen LogP contribution in [0.1, 0.15) is 31.7 Å². The van der Waals surface area contributed by atoms with Gasteiger partial charge in [0.1, 0.15) is 11.5 Å². The van der Waals surface area contributed by atoms with Crippen LogP contribution in [0.2, 0.25) is 0 Å². The molecule has 0 radical (unpaired) electrons. The Hall–Kier alpha value is -1.75. The minimum Gasteiger partial charge on any atom is -0.497 e. The maximum absolute atomic E-state index is 12.4. The number of ether oxygens (including phenoxy) is 2. The molecule has 0 aliphatic carbocycles. The smallest absolute Gasteiger partial charge is 0.263 e. The summed E-state index contributed by atoms with van der Waals surface area (Å²) in [6.07, 6.45) is 2.84. The van der Waals surface area contributed by atoms with Crippen LogP contribution in [0.4, 0.5) is 0 Å². The van der Waals surface area contributed by atoms with Crippen molar-refractivity contribution in [2.45, 2.75) is 38.8 Å². The van der Waals surface area contributed by atoms with Crippen LogP contribution < -0.4 is 15.2 Å². The molecule has 0 saturated carbocycles. The number of likely N-dealkylation sites (tertiary alicyclic amines) is 1. The van der Waals surface area contributed by atoms with Gasteiger partial charge < -0.3 is 20.1 Å². The lowest BCUT2D eigenvalue weighted by molar-refractivity contribution is -0.138. The van der Waals surface area contributed by atoms with Gasteiger partial charge in [0.05, 0.1) is 7.11 Å². The fourth-order valence-electron chi connectivity index (χ4n) is 2.55. The van der Waals surface area contributed by atoms with Crippen molar-refractivity contribution in [2.24, 2.45) is 5.73 Å². The van der Waals surface area contributed by atoms with Crippen molar-refractivity contribution in [3.05, 3.63) is 23.8 Å². The van der Waals surface area contributed by atoms with Gasteiger partial charge in [-0.15, -0.1) is 0 Å². The van der Waals surface area contributed by atoms with Crippen LogP contribution >= 0.6 is 0 Å². The van der Waals surface area contributed by atoms with Crippen molar-refractivity contribution >= 4 is 5.91 Å². The normalized spacial score (nSPS) is 16.4. The number of piperidine rings is 1. The lowest BCUT2D eigenvalue weighted by Gasteiger charge is -2.29. The first-order valence-electron chi connectivity index (χ1n) is 7.48. The quantitative estimate of drug-likeness (QED) is 0.900. The average molecular weight is 292 g/mol. The van der Waals surface area contributed by atoms with E-state index in [2.05, 4.69) is 0 Å². The average Bonchev–Trinajstić information content (AvgIpc) is 2.54. The van der Waals surface area contributed by atoms with Crippen LogP contribution in [0.5, 0.6) is 11.5 Å². The first-order chi connectivity index (χ1) is 10.2. The highest BCUT2D eigenvalue weighted by Crippen LogP contribution is 2.26. The van der Waals surface area contributed by atoms with E-state index in [1.165, 1.54) is 6.42 Å². The van der Waals surface area contributed by atoms with Gasteiger partial charge in [-0.2, -0.15) is 0 Å². The highest BCUT2D eigenvalue weighted by atomic mass is 16.5. The molecule has 1 aliphatic rings. The van der Waals surface area contributed by atoms with E-state index in [1.54, 1.807) is 20.1 Å². The van der Waals surface area contributed by atoms with Gasteiger partial charge >= 0.3 is 0 Å². The van der Waals surface area contributed by atoms with E-state index >= 15 is 0 Å². The summed E-state index contributed by atoms with van der Waals surface area (Å²) in [4.78, 5) is 14.3. The van der Waals surface area contributed by atoms with Gasteiger partial charge in [-0.1, -0.05) is 6.07 Å². The summed E-state index contributed by atoms with van der Waals surface area (Å²) < 4.78 is 11.0. The Labute approximate surface area is 126 Å². The lowest BCUT2D eigenvalue weighted by atomic mass is 10.1. The van der Waals surface area contributed by atoms with Gasteiger partial charge in [0.15, 0.2) is 6.10 Å². The Kier molecular flexibility index (Phi) is 5.44. The summed E-state index contributed by atoms with van der Waals surface area (Å²) in [5, 5.41) is 0. The van der Waals surface area contributed by atoms with Gasteiger partial charge in [-0.05, 0) is 32.3 Å². The number of hydrogen-bond acceptors (Lipinski definition) is 4. The van der Waals surface area contributed by atoms with Crippen molar-refractivity contribution in [1.29, 1.82) is 0 Å². The highest BCUT2D eigenvalue weighted by molar-refractivity contribution is 5.81. The van der Waals surface area contributed by atoms with Gasteiger partial charge in [0, 0.05) is 31.3 Å². The second-order valence-electron chi connectivity index (χ2n) is 5.32. The molecule has 2 rings (SSSR count). The number of rotatable bonds is 5. The molecule has 5 nitrogen and oxygen atoms in total. The summed E-state index contributed by atoms with van der Waals surface area (Å²) in [6.45, 7) is 3.81. The van der Waals surface area contributed by atoms with Gasteiger partial charge in [0.25, 0.3) is 5.91 Å². The highest BCUT2D eigenvalue weighted by Gasteiger charge is 2.24. The zero-order chi connectivity index (χ0) is 15.2. The van der Waals surface area contributed by atoms with E-state index in [4.69, 9.17) is 15.2 Å². The Balaban J connectivity index is 2.07. The second kappa shape index (κ2) is 7.31. The Morgan fingerprint density at radius 1 is 1.33 bits per heavy atom. The molecule has 0 aromatic heterocycles. The summed E-state index contributed by atoms with van der Waals surface area (Å²) in [6, 6.07) is 5.49. The predicted octanol–water partition coefficient (Wildman–Crippen LogP) is 1.93. The minimum absolute atomic E-state index is 0.0421. The van der Waals surface area contributed by atoms with Gasteiger partial charge in [0.2, 0.25) is 0 Å². The van der Waals surface area contributed by atoms with Crippen molar-refractivity contribution < 1.29 is 14.3 Å². The van der Waals surface area contributed by atoms with Gasteiger partial charge in [-0.3, -0.25) is 4.79 Å². The molecule has 1 fully saturated rings. The van der Waals surface area contributed by atoms with Crippen LogP contribution in [-0.4, -0.2) is 37.1 Å². The van der Waals surface area contributed by atoms with E-state index in [0.29, 0.717) is 18.0 Å². The predicted molar refractivity (Wildman–Crippen MR) is 81.4 cm³/mol. The molecule has 1 atom stereocenters. The fourth-order valence-corrected chi connectivity index (χ4v) is 2.55. The molecule has 1 aliphatic heterocycles. The number of nitrogens with two attached hydrogens (primary N) is 1. The van der Waals surface area contributed by atoms with E-state index in [1.807, 2.05) is 17.0 Å². The third kappa shape index (κ3) is 3.88. The van der Waals surface area contributed by atoms with Gasteiger partial charge in [-0.25, -0.2) is 0 Å². The van der Waals surface area contributed by atoms with Crippen molar-refractivity contribution in [2.75, 3.05) is 20.2 Å². The summed E-state index contributed by atoms with van der Waals surface area (Å²) in [5.74, 6) is 1.36. The third-order valence-electron chi connectivity index (χ3n) is 3.81. The van der Waals surface area contributed by atoms with Crippen LogP contribution in [0.3, 0.4) is 0 Å². The zero-order valence-electron chi connectivity index (χ0n) is 12.8. The number of methoxy groups -OCH3 is 1. The molecule has 5 heteroatoms. The number of nitrogens with zero attached hydrogens (tertiary/aromatic N) is 1. The number of carbonyl (C=O) groups is 1. The maximum atomic E-state index is 12.4. The molecule has 1 heterocycles. The SMILES string of the molecule is COc1ccc(CN)c(OC(C)C(=O)N2CCCCC2)c1. The van der Waals surface area contributed by atoms with Crippen molar-refractivity contribution in [3.8, 4) is 11.5 Å². The monoisotopic (exact) mass is 292 g/mol. The molecule has 1 aromatic carbocycles. The Bertz CT molecular complexity index is 484. The molecule has 1 amide bonds. The Morgan fingerprint density at radius 3 is 2.67 bits per heavy atom. The van der Waals surface area contributed by atoms with E-state index in [0.717, 1.165) is 31.5 Å². The number of carbonyl (C=O) groups excluding carboxylic acids is 1. The van der Waals surface area contributed by atoms with Crippen LogP contribution in [0.25, 0.3) is 0 Å². The molecular weight excluding hydrogens is 268 g/mol. The first-order valence-corrected chi connectivity index (χ1v) is 7.48. The van der Waals surface area contributed by atoms with Crippen molar-refractivity contribution in [1.82, 2.24) is 4.90 Å². The lowest BCUT2D eigenvalue weighted by Crippen LogP contribution is -2.43. The standard InChI is InChI=1S/C16H24N2O3/c1-12(16(19)18-8-4-3-5-9-18)21-15-10-14(20-2)7-6-13(15)11-17/h6-7,10,12H,3-5,8-9,11,17H2,1-2H3. The molecule has 1 aromatic rings. The van der Waals surface area contributed by atoms with E-state index in [9.17, 15) is 4.79 Å². The fraction of sp³-hybridized carbons (Fsp3) is 0.562. The number of amides is 1. The zero-order valence-corrected chi connectivity index (χ0v) is 12.8. The molecule has 2 N–H and O–H groups in total. The first kappa shape index (κ1) is 15.6. The van der Waals surface area contributed by atoms with Crippen molar-refractivity contribution in [3.63, 3.8) is 0 Å².